The molecule has 1 aromatic rings. The van der Waals surface area contributed by atoms with Gasteiger partial charge in [-0.1, -0.05) is 64.7 Å². The highest BCUT2D eigenvalue weighted by atomic mass is 16.6. The number of ether oxygens (including phenoxy) is 1. The van der Waals surface area contributed by atoms with Gasteiger partial charge in [0, 0.05) is 18.2 Å². The van der Waals surface area contributed by atoms with E-state index in [1.807, 2.05) is 27.7 Å². The number of nitrogens with zero attached hydrogens (tertiary/aromatic N) is 1. The van der Waals surface area contributed by atoms with Crippen molar-refractivity contribution < 1.29 is 24.2 Å². The molecule has 0 spiro atoms. The van der Waals surface area contributed by atoms with Gasteiger partial charge in [-0.2, -0.15) is 0 Å². The lowest BCUT2D eigenvalue weighted by Crippen LogP contribution is -2.54. The number of hydrogen-bond acceptors (Lipinski definition) is 5. The van der Waals surface area contributed by atoms with Crippen LogP contribution in [0.2, 0.25) is 0 Å². The number of rotatable bonds is 14. The molecular weight excluding hydrogens is 482 g/mol. The van der Waals surface area contributed by atoms with Crippen molar-refractivity contribution >= 4 is 17.9 Å². The van der Waals surface area contributed by atoms with Crippen molar-refractivity contribution in [2.45, 2.75) is 125 Å². The maximum atomic E-state index is 14.2. The minimum Gasteiger partial charge on any atom is -0.507 e. The molecule has 2 unspecified atom stereocenters. The number of alkyl carbamates (subject to hydrolysis) is 1. The number of phenolic OH excluding ortho intramolecular Hbond substituents is 1. The van der Waals surface area contributed by atoms with E-state index < -0.39 is 23.8 Å². The second-order valence-electron chi connectivity index (χ2n) is 11.9. The van der Waals surface area contributed by atoms with Gasteiger partial charge >= 0.3 is 6.09 Å². The van der Waals surface area contributed by atoms with E-state index in [0.29, 0.717) is 30.5 Å². The normalized spacial score (nSPS) is 13.2. The standard InChI is InChI=1S/C30H51N3O5/c1-10-11-12-13-14-18-33(28(36)24(19-20(2)3)32-29(37)38-30(7,8)9)25(27(35)31-21(4)5)23-17-15-16-22(6)26(23)34/h15-17,20-21,24-25,34H,10-14,18-19H2,1-9H3,(H,31,35)(H,32,37). The molecule has 0 bridgehead atoms. The van der Waals surface area contributed by atoms with E-state index in [4.69, 9.17) is 4.74 Å². The van der Waals surface area contributed by atoms with Crippen LogP contribution in [0.25, 0.3) is 0 Å². The first kappa shape index (κ1) is 33.3. The molecule has 8 nitrogen and oxygen atoms in total. The van der Waals surface area contributed by atoms with Crippen molar-refractivity contribution in [3.8, 4) is 5.75 Å². The van der Waals surface area contributed by atoms with Gasteiger partial charge in [0.25, 0.3) is 0 Å². The molecule has 8 heteroatoms. The van der Waals surface area contributed by atoms with Crippen LogP contribution in [0.3, 0.4) is 0 Å². The van der Waals surface area contributed by atoms with Gasteiger partial charge in [-0.05, 0) is 65.9 Å². The minimum absolute atomic E-state index is 0.0132. The predicted molar refractivity (Wildman–Crippen MR) is 152 cm³/mol. The number of benzene rings is 1. The number of carbonyl (C=O) groups is 3. The summed E-state index contributed by atoms with van der Waals surface area (Å²) < 4.78 is 5.45. The van der Waals surface area contributed by atoms with Crippen LogP contribution in [0.4, 0.5) is 4.79 Å². The van der Waals surface area contributed by atoms with E-state index in [0.717, 1.165) is 25.7 Å². The van der Waals surface area contributed by atoms with Gasteiger partial charge in [0.05, 0.1) is 0 Å². The Labute approximate surface area is 229 Å². The summed E-state index contributed by atoms with van der Waals surface area (Å²) in [7, 11) is 0. The van der Waals surface area contributed by atoms with Crippen LogP contribution in [0, 0.1) is 12.8 Å². The van der Waals surface area contributed by atoms with Crippen molar-refractivity contribution in [1.29, 1.82) is 0 Å². The number of aryl methyl sites for hydroxylation is 1. The van der Waals surface area contributed by atoms with Crippen LogP contribution in [0.15, 0.2) is 18.2 Å². The summed E-state index contributed by atoms with van der Waals surface area (Å²) in [6, 6.07) is 3.12. The number of carbonyl (C=O) groups excluding carboxylic acids is 3. The van der Waals surface area contributed by atoms with Crippen LogP contribution in [0.5, 0.6) is 5.75 Å². The van der Waals surface area contributed by atoms with Gasteiger partial charge in [0.2, 0.25) is 11.8 Å². The first-order valence-electron chi connectivity index (χ1n) is 14.1. The third-order valence-electron chi connectivity index (χ3n) is 6.04. The van der Waals surface area contributed by atoms with Crippen LogP contribution in [0.1, 0.15) is 111 Å². The fourth-order valence-corrected chi connectivity index (χ4v) is 4.31. The molecular formula is C30H51N3O5. The summed E-state index contributed by atoms with van der Waals surface area (Å²) >= 11 is 0. The average Bonchev–Trinajstić information content (AvgIpc) is 2.77. The fourth-order valence-electron chi connectivity index (χ4n) is 4.31. The Bertz CT molecular complexity index is 908. The van der Waals surface area contributed by atoms with Gasteiger partial charge in [-0.3, -0.25) is 9.59 Å². The van der Waals surface area contributed by atoms with Gasteiger partial charge in [-0.25, -0.2) is 4.79 Å². The topological polar surface area (TPSA) is 108 Å². The molecule has 0 radical (unpaired) electrons. The van der Waals surface area contributed by atoms with E-state index >= 15 is 0 Å². The molecule has 0 aliphatic carbocycles. The zero-order chi connectivity index (χ0) is 29.0. The van der Waals surface area contributed by atoms with Gasteiger partial charge in [-0.15, -0.1) is 0 Å². The lowest BCUT2D eigenvalue weighted by molar-refractivity contribution is -0.143. The second kappa shape index (κ2) is 15.6. The maximum absolute atomic E-state index is 14.2. The third kappa shape index (κ3) is 11.3. The highest BCUT2D eigenvalue weighted by Gasteiger charge is 2.37. The Kier molecular flexibility index (Phi) is 13.6. The van der Waals surface area contributed by atoms with Crippen molar-refractivity contribution in [3.05, 3.63) is 29.3 Å². The van der Waals surface area contributed by atoms with Crippen molar-refractivity contribution in [2.75, 3.05) is 6.54 Å². The zero-order valence-corrected chi connectivity index (χ0v) is 25.0. The van der Waals surface area contributed by atoms with E-state index in [1.54, 1.807) is 45.9 Å². The van der Waals surface area contributed by atoms with Gasteiger partial charge < -0.3 is 25.4 Å². The fraction of sp³-hybridized carbons (Fsp3) is 0.700. The summed E-state index contributed by atoms with van der Waals surface area (Å²) in [6.45, 7) is 17.2. The van der Waals surface area contributed by atoms with Crippen molar-refractivity contribution in [2.24, 2.45) is 5.92 Å². The number of phenols is 1. The highest BCUT2D eigenvalue weighted by Crippen LogP contribution is 2.33. The molecule has 1 rings (SSSR count). The molecule has 0 saturated heterocycles. The summed E-state index contributed by atoms with van der Waals surface area (Å²) in [4.78, 5) is 42.1. The number of unbranched alkanes of at least 4 members (excludes halogenated alkanes) is 4. The summed E-state index contributed by atoms with van der Waals surface area (Å²) in [6.07, 6.45) is 4.52. The molecule has 0 saturated carbocycles. The highest BCUT2D eigenvalue weighted by molar-refractivity contribution is 5.92. The number of hydrogen-bond donors (Lipinski definition) is 3. The average molecular weight is 534 g/mol. The van der Waals surface area contributed by atoms with Crippen LogP contribution in [-0.4, -0.2) is 52.1 Å². The number of para-hydroxylation sites is 1. The molecule has 0 heterocycles. The monoisotopic (exact) mass is 533 g/mol. The first-order chi connectivity index (χ1) is 17.7. The quantitative estimate of drug-likeness (QED) is 0.254. The van der Waals surface area contributed by atoms with Crippen LogP contribution in [-0.2, 0) is 14.3 Å². The van der Waals surface area contributed by atoms with Crippen LogP contribution >= 0.6 is 0 Å². The van der Waals surface area contributed by atoms with Crippen LogP contribution < -0.4 is 10.6 Å². The third-order valence-corrected chi connectivity index (χ3v) is 6.04. The van der Waals surface area contributed by atoms with E-state index in [-0.39, 0.29) is 29.5 Å². The molecule has 0 aromatic heterocycles. The Morgan fingerprint density at radius 1 is 1.00 bits per heavy atom. The van der Waals surface area contributed by atoms with Crippen molar-refractivity contribution in [1.82, 2.24) is 15.5 Å². The lowest BCUT2D eigenvalue weighted by atomic mass is 9.96. The maximum Gasteiger partial charge on any atom is 0.408 e. The van der Waals surface area contributed by atoms with E-state index in [2.05, 4.69) is 17.6 Å². The number of amides is 3. The Morgan fingerprint density at radius 3 is 2.18 bits per heavy atom. The number of aromatic hydroxyl groups is 1. The predicted octanol–water partition coefficient (Wildman–Crippen LogP) is 6.00. The molecule has 1 aromatic carbocycles. The molecule has 0 fully saturated rings. The molecule has 38 heavy (non-hydrogen) atoms. The molecule has 216 valence electrons. The molecule has 3 N–H and O–H groups in total. The van der Waals surface area contributed by atoms with Gasteiger partial charge in [0.1, 0.15) is 23.4 Å². The summed E-state index contributed by atoms with van der Waals surface area (Å²) in [5.41, 5.74) is 0.262. The summed E-state index contributed by atoms with van der Waals surface area (Å²) in [5, 5.41) is 16.7. The molecule has 2 atom stereocenters. The smallest absolute Gasteiger partial charge is 0.408 e. The molecule has 0 aliphatic rings. The Hall–Kier alpha value is -2.77. The lowest BCUT2D eigenvalue weighted by Gasteiger charge is -2.35. The van der Waals surface area contributed by atoms with Crippen molar-refractivity contribution in [3.63, 3.8) is 0 Å². The Morgan fingerprint density at radius 2 is 1.63 bits per heavy atom. The zero-order valence-electron chi connectivity index (χ0n) is 25.0. The molecule has 3 amide bonds. The van der Waals surface area contributed by atoms with E-state index in [1.165, 1.54) is 4.90 Å². The minimum atomic E-state index is -1.05. The Balaban J connectivity index is 3.54. The number of nitrogens with one attached hydrogen (secondary N) is 2. The largest absolute Gasteiger partial charge is 0.507 e. The first-order valence-corrected chi connectivity index (χ1v) is 14.1. The summed E-state index contributed by atoms with van der Waals surface area (Å²) in [5.74, 6) is -0.658. The van der Waals surface area contributed by atoms with Gasteiger partial charge in [0.15, 0.2) is 0 Å². The SMILES string of the molecule is CCCCCCCN(C(=O)C(CC(C)C)NC(=O)OC(C)(C)C)C(C(=O)NC(C)C)c1cccc(C)c1O. The van der Waals surface area contributed by atoms with E-state index in [9.17, 15) is 19.5 Å². The second-order valence-corrected chi connectivity index (χ2v) is 11.9. The molecule has 0 aliphatic heterocycles.